The zero-order valence-electron chi connectivity index (χ0n) is 56.3. The molecule has 0 atom stereocenters. The van der Waals surface area contributed by atoms with Gasteiger partial charge in [-0.3, -0.25) is 15.0 Å². The van der Waals surface area contributed by atoms with E-state index in [1.165, 1.54) is 55.6 Å². The molecular weight excluding hydrogens is 1320 g/mol. The predicted molar refractivity (Wildman–Crippen MR) is 419 cm³/mol. The second-order valence-electron chi connectivity index (χ2n) is 24.4. The average Bonchev–Trinajstić information content (AvgIpc) is 0.859. The van der Waals surface area contributed by atoms with E-state index in [0.29, 0.717) is 0 Å². The smallest absolute Gasteiger partial charge is 0.223 e. The van der Waals surface area contributed by atoms with E-state index in [2.05, 4.69) is 198 Å². The molecule has 10 aromatic carbocycles. The highest BCUT2D eigenvalue weighted by molar-refractivity contribution is 6.29. The maximum atomic E-state index is 6.18. The second-order valence-corrected chi connectivity index (χ2v) is 25.4. The molecular formula is C88H64Cl3N11. The first-order chi connectivity index (χ1) is 49.8. The zero-order valence-corrected chi connectivity index (χ0v) is 58.6. The molecule has 0 saturated carbocycles. The summed E-state index contributed by atoms with van der Waals surface area (Å²) in [6.45, 7) is 10.5. The average molecular weight is 1380 g/mol. The zero-order chi connectivity index (χ0) is 70.1. The van der Waals surface area contributed by atoms with Crippen LogP contribution in [0.15, 0.2) is 298 Å². The van der Waals surface area contributed by atoms with Crippen molar-refractivity contribution in [3.05, 3.63) is 342 Å². The van der Waals surface area contributed by atoms with Gasteiger partial charge in [-0.05, 0) is 191 Å². The lowest BCUT2D eigenvalue weighted by Gasteiger charge is -2.14. The first kappa shape index (κ1) is 67.1. The van der Waals surface area contributed by atoms with E-state index >= 15 is 0 Å². The molecule has 0 spiro atoms. The van der Waals surface area contributed by atoms with Crippen molar-refractivity contribution in [1.82, 2.24) is 54.8 Å². The van der Waals surface area contributed by atoms with Crippen LogP contribution in [0.3, 0.4) is 0 Å². The maximum absolute atomic E-state index is 6.18. The number of aryl methyl sites for hydroxylation is 5. The number of pyridine rings is 3. The first-order valence-electron chi connectivity index (χ1n) is 33.2. The number of fused-ring (bicyclic) bond motifs is 4. The summed E-state index contributed by atoms with van der Waals surface area (Å²) in [4.78, 5) is 48.9. The number of benzene rings is 10. The van der Waals surface area contributed by atoms with Gasteiger partial charge >= 0.3 is 0 Å². The van der Waals surface area contributed by atoms with Crippen molar-refractivity contribution in [2.75, 3.05) is 0 Å². The van der Waals surface area contributed by atoms with Crippen LogP contribution in [0.4, 0.5) is 0 Å². The van der Waals surface area contributed by atoms with Gasteiger partial charge in [0.2, 0.25) is 15.9 Å². The van der Waals surface area contributed by atoms with Crippen LogP contribution in [-0.4, -0.2) is 54.8 Å². The van der Waals surface area contributed by atoms with Crippen LogP contribution < -0.4 is 0 Å². The van der Waals surface area contributed by atoms with Crippen molar-refractivity contribution in [1.29, 1.82) is 0 Å². The van der Waals surface area contributed by atoms with Crippen molar-refractivity contribution in [2.24, 2.45) is 0 Å². The normalized spacial score (nSPS) is 10.9. The Bertz CT molecular complexity index is 5670. The van der Waals surface area contributed by atoms with E-state index < -0.39 is 0 Å². The molecule has 7 heterocycles. The summed E-state index contributed by atoms with van der Waals surface area (Å²) in [5.41, 5.74) is 27.0. The highest BCUT2D eigenvalue weighted by atomic mass is 35.5. The fourth-order valence-corrected chi connectivity index (χ4v) is 13.1. The van der Waals surface area contributed by atoms with E-state index in [1.807, 2.05) is 183 Å². The molecule has 17 aromatic rings. The Morgan fingerprint density at radius 3 is 1.03 bits per heavy atom. The standard InChI is InChI=1S/C28H21ClN2.C22H17ClN2.C19H12ClN3.C19H14N4/c1-18-17-25(19(2)16-24(18)20-8-4-3-5-9-20)21-12-14-22(15-13-21)27-23-10-6-7-11-26(23)30-28(29)31-27;1-14-13-19(15(2)12-18(14)16-8-4-3-5-9-16)21-17-10-6-7-11-20(17)24-22(23)25-21;20-19-22-16-9-5-4-8-15(16)18(23-19)17-11-10-14(12-21-17)13-6-2-1-3-7-13;1-13-22-17-8-3-2-6-15(17)19(23-13)18-10-9-14(12-21-18)16-7-4-5-11-20-16/h3-17H,1-2H3;3-13H,1-2H3;1-12H;2-12H,1H3. The summed E-state index contributed by atoms with van der Waals surface area (Å²) < 4.78 is 0. The summed E-state index contributed by atoms with van der Waals surface area (Å²) in [6, 6.07) is 94.2. The highest BCUT2D eigenvalue weighted by Crippen LogP contribution is 2.38. The van der Waals surface area contributed by atoms with E-state index in [4.69, 9.17) is 34.8 Å². The van der Waals surface area contributed by atoms with Crippen molar-refractivity contribution in [3.8, 4) is 101 Å². The van der Waals surface area contributed by atoms with Gasteiger partial charge < -0.3 is 0 Å². The molecule has 0 saturated heterocycles. The van der Waals surface area contributed by atoms with Crippen molar-refractivity contribution >= 4 is 78.4 Å². The summed E-state index contributed by atoms with van der Waals surface area (Å²) in [5, 5.41) is 4.74. The topological polar surface area (TPSA) is 142 Å². The van der Waals surface area contributed by atoms with E-state index in [1.54, 1.807) is 6.20 Å². The van der Waals surface area contributed by atoms with Crippen LogP contribution in [0.1, 0.15) is 28.1 Å². The number of nitrogens with zero attached hydrogens (tertiary/aromatic N) is 11. The van der Waals surface area contributed by atoms with E-state index in [0.717, 1.165) is 117 Å². The van der Waals surface area contributed by atoms with Crippen LogP contribution in [0.2, 0.25) is 15.9 Å². The molecule has 11 nitrogen and oxygen atoms in total. The molecule has 7 aromatic heterocycles. The Balaban J connectivity index is 0.000000116. The third-order valence-electron chi connectivity index (χ3n) is 17.6. The molecule has 0 bridgehead atoms. The van der Waals surface area contributed by atoms with Crippen molar-refractivity contribution in [2.45, 2.75) is 34.6 Å². The lowest BCUT2D eigenvalue weighted by molar-refractivity contribution is 1.09. The van der Waals surface area contributed by atoms with Crippen LogP contribution in [-0.2, 0) is 0 Å². The third kappa shape index (κ3) is 15.1. The van der Waals surface area contributed by atoms with Crippen LogP contribution in [0.25, 0.3) is 145 Å². The van der Waals surface area contributed by atoms with Gasteiger partial charge in [0, 0.05) is 62.4 Å². The lowest BCUT2D eigenvalue weighted by atomic mass is 9.91. The molecule has 492 valence electrons. The molecule has 0 aliphatic carbocycles. The Morgan fingerprint density at radius 2 is 0.569 bits per heavy atom. The van der Waals surface area contributed by atoms with Crippen LogP contribution >= 0.6 is 34.8 Å². The molecule has 0 unspecified atom stereocenters. The third-order valence-corrected chi connectivity index (χ3v) is 18.1. The maximum Gasteiger partial charge on any atom is 0.223 e. The quantitative estimate of drug-likeness (QED) is 0.127. The van der Waals surface area contributed by atoms with Crippen molar-refractivity contribution < 1.29 is 0 Å². The molecule has 17 rings (SSSR count). The number of hydrogen-bond donors (Lipinski definition) is 0. The minimum Gasteiger partial charge on any atom is -0.256 e. The number of aromatic nitrogens is 11. The Kier molecular flexibility index (Phi) is 20.1. The van der Waals surface area contributed by atoms with Gasteiger partial charge in [-0.15, -0.1) is 0 Å². The van der Waals surface area contributed by atoms with Gasteiger partial charge in [0.15, 0.2) is 0 Å². The number of para-hydroxylation sites is 4. The van der Waals surface area contributed by atoms with Crippen LogP contribution in [0, 0.1) is 34.6 Å². The summed E-state index contributed by atoms with van der Waals surface area (Å²) in [5.74, 6) is 0.745. The molecule has 0 radical (unpaired) electrons. The highest BCUT2D eigenvalue weighted by Gasteiger charge is 2.17. The number of hydrogen-bond acceptors (Lipinski definition) is 11. The Morgan fingerprint density at radius 1 is 0.225 bits per heavy atom. The fourth-order valence-electron chi connectivity index (χ4n) is 12.6. The molecule has 102 heavy (non-hydrogen) atoms. The largest absolute Gasteiger partial charge is 0.256 e. The van der Waals surface area contributed by atoms with Gasteiger partial charge in [-0.1, -0.05) is 218 Å². The molecule has 14 heteroatoms. The summed E-state index contributed by atoms with van der Waals surface area (Å²) in [7, 11) is 0. The van der Waals surface area contributed by atoms with Crippen LogP contribution in [0.5, 0.6) is 0 Å². The first-order valence-corrected chi connectivity index (χ1v) is 34.3. The summed E-state index contributed by atoms with van der Waals surface area (Å²) >= 11 is 18.4. The van der Waals surface area contributed by atoms with E-state index in [9.17, 15) is 0 Å². The molecule has 0 amide bonds. The van der Waals surface area contributed by atoms with Crippen molar-refractivity contribution in [3.63, 3.8) is 0 Å². The minimum atomic E-state index is 0.229. The number of halogens is 3. The monoisotopic (exact) mass is 1380 g/mol. The minimum absolute atomic E-state index is 0.229. The SMILES string of the molecule is Cc1cc(-c2ccc(-c3nc(Cl)nc4ccccc34)cc2)c(C)cc1-c1ccccc1.Cc1cc(-c2nc(Cl)nc3ccccc23)c(C)cc1-c1ccccc1.Cc1nc(-c2ccc(-c3ccccn3)cn2)c2ccccc2n1.Clc1nc(-c2ccc(-c3ccccc3)cn2)c2ccccc2n1. The Labute approximate surface area is 606 Å². The Hall–Kier alpha value is -12.1. The van der Waals surface area contributed by atoms with Gasteiger partial charge in [-0.25, -0.2) is 39.9 Å². The van der Waals surface area contributed by atoms with E-state index in [-0.39, 0.29) is 15.9 Å². The fraction of sp³-hybridized carbons (Fsp3) is 0.0568. The van der Waals surface area contributed by atoms with Gasteiger partial charge in [0.25, 0.3) is 0 Å². The number of rotatable bonds is 9. The predicted octanol–water partition coefficient (Wildman–Crippen LogP) is 23.2. The van der Waals surface area contributed by atoms with Gasteiger partial charge in [0.1, 0.15) is 17.2 Å². The summed E-state index contributed by atoms with van der Waals surface area (Å²) in [6.07, 6.45) is 5.48. The molecule has 0 aliphatic heterocycles. The molecule has 0 aliphatic rings. The van der Waals surface area contributed by atoms with Gasteiger partial charge in [0.05, 0.1) is 50.5 Å². The lowest BCUT2D eigenvalue weighted by Crippen LogP contribution is -1.95. The second kappa shape index (κ2) is 30.6. The molecule has 0 N–H and O–H groups in total. The molecule has 0 fully saturated rings. The van der Waals surface area contributed by atoms with Gasteiger partial charge in [-0.2, -0.15) is 0 Å².